The standard InChI is InChI=1S/C12H18N4O3S/c1-10(7-16-5-3-4-13-16)14-20(18,19)12-6-11(9-17)15(2)8-12/h3-6,8,10,14,17H,7,9H2,1-2H3. The molecule has 7 nitrogen and oxygen atoms in total. The second-order valence-electron chi connectivity index (χ2n) is 4.69. The topological polar surface area (TPSA) is 89.2 Å². The Kier molecular flexibility index (Phi) is 4.26. The highest BCUT2D eigenvalue weighted by Crippen LogP contribution is 2.14. The van der Waals surface area contributed by atoms with Gasteiger partial charge < -0.3 is 9.67 Å². The summed E-state index contributed by atoms with van der Waals surface area (Å²) in [6, 6.07) is 2.95. The summed E-state index contributed by atoms with van der Waals surface area (Å²) in [6.45, 7) is 2.02. The summed E-state index contributed by atoms with van der Waals surface area (Å²) < 4.78 is 30.3. The molecule has 2 aromatic rings. The molecule has 0 aromatic carbocycles. The first-order chi connectivity index (χ1) is 9.42. The van der Waals surface area contributed by atoms with Gasteiger partial charge in [0.25, 0.3) is 0 Å². The first-order valence-electron chi connectivity index (χ1n) is 6.18. The van der Waals surface area contributed by atoms with E-state index in [1.54, 1.807) is 41.7 Å². The van der Waals surface area contributed by atoms with E-state index >= 15 is 0 Å². The van der Waals surface area contributed by atoms with Gasteiger partial charge in [-0.2, -0.15) is 5.10 Å². The van der Waals surface area contributed by atoms with E-state index in [0.717, 1.165) is 0 Å². The van der Waals surface area contributed by atoms with E-state index in [0.29, 0.717) is 12.2 Å². The lowest BCUT2D eigenvalue weighted by Gasteiger charge is -2.13. The van der Waals surface area contributed by atoms with Gasteiger partial charge in [0, 0.05) is 37.4 Å². The van der Waals surface area contributed by atoms with Crippen LogP contribution in [-0.4, -0.2) is 33.9 Å². The van der Waals surface area contributed by atoms with E-state index < -0.39 is 10.0 Å². The number of aromatic nitrogens is 3. The van der Waals surface area contributed by atoms with Crippen LogP contribution in [0.3, 0.4) is 0 Å². The molecular formula is C12H18N4O3S. The fourth-order valence-electron chi connectivity index (χ4n) is 1.94. The molecule has 1 unspecified atom stereocenters. The fourth-order valence-corrected chi connectivity index (χ4v) is 3.27. The van der Waals surface area contributed by atoms with Gasteiger partial charge in [-0.1, -0.05) is 0 Å². The van der Waals surface area contributed by atoms with Crippen molar-refractivity contribution in [3.63, 3.8) is 0 Å². The van der Waals surface area contributed by atoms with Gasteiger partial charge in [-0.15, -0.1) is 0 Å². The normalized spacial score (nSPS) is 13.6. The van der Waals surface area contributed by atoms with Gasteiger partial charge in [0.05, 0.1) is 18.0 Å². The average molecular weight is 298 g/mol. The molecule has 0 aliphatic carbocycles. The van der Waals surface area contributed by atoms with Gasteiger partial charge in [-0.05, 0) is 19.1 Å². The van der Waals surface area contributed by atoms with Crippen molar-refractivity contribution < 1.29 is 13.5 Å². The van der Waals surface area contributed by atoms with Crippen molar-refractivity contribution in [3.05, 3.63) is 36.4 Å². The smallest absolute Gasteiger partial charge is 0.242 e. The first kappa shape index (κ1) is 14.8. The van der Waals surface area contributed by atoms with E-state index in [1.807, 2.05) is 0 Å². The van der Waals surface area contributed by atoms with Crippen molar-refractivity contribution in [2.45, 2.75) is 31.0 Å². The number of aliphatic hydroxyl groups is 1. The molecule has 110 valence electrons. The van der Waals surface area contributed by atoms with Crippen molar-refractivity contribution in [2.75, 3.05) is 0 Å². The largest absolute Gasteiger partial charge is 0.390 e. The molecule has 2 rings (SSSR count). The molecule has 0 fully saturated rings. The number of rotatable bonds is 6. The molecule has 8 heteroatoms. The number of sulfonamides is 1. The molecule has 2 heterocycles. The van der Waals surface area contributed by atoms with E-state index in [-0.39, 0.29) is 17.5 Å². The van der Waals surface area contributed by atoms with E-state index in [9.17, 15) is 8.42 Å². The Morgan fingerprint density at radius 1 is 1.50 bits per heavy atom. The lowest BCUT2D eigenvalue weighted by molar-refractivity contribution is 0.272. The second kappa shape index (κ2) is 5.78. The van der Waals surface area contributed by atoms with Crippen LogP contribution in [0.2, 0.25) is 0 Å². The van der Waals surface area contributed by atoms with Crippen molar-refractivity contribution >= 4 is 10.0 Å². The summed E-state index contributed by atoms with van der Waals surface area (Å²) in [4.78, 5) is 0.149. The summed E-state index contributed by atoms with van der Waals surface area (Å²) >= 11 is 0. The van der Waals surface area contributed by atoms with Gasteiger partial charge >= 0.3 is 0 Å². The third-order valence-electron chi connectivity index (χ3n) is 2.93. The highest BCUT2D eigenvalue weighted by Gasteiger charge is 2.20. The lowest BCUT2D eigenvalue weighted by Crippen LogP contribution is -2.35. The number of hydrogen-bond donors (Lipinski definition) is 2. The molecule has 1 atom stereocenters. The summed E-state index contributed by atoms with van der Waals surface area (Å²) in [5.41, 5.74) is 0.546. The number of nitrogens with one attached hydrogen (secondary N) is 1. The Balaban J connectivity index is 2.10. The van der Waals surface area contributed by atoms with Crippen LogP contribution >= 0.6 is 0 Å². The molecule has 2 aromatic heterocycles. The van der Waals surface area contributed by atoms with Crippen LogP contribution in [-0.2, 0) is 30.2 Å². The fraction of sp³-hybridized carbons (Fsp3) is 0.417. The SMILES string of the molecule is CC(Cn1cccn1)NS(=O)(=O)c1cc(CO)n(C)c1. The van der Waals surface area contributed by atoms with Gasteiger partial charge in [0.2, 0.25) is 10.0 Å². The van der Waals surface area contributed by atoms with Crippen molar-refractivity contribution in [3.8, 4) is 0 Å². The highest BCUT2D eigenvalue weighted by molar-refractivity contribution is 7.89. The molecule has 20 heavy (non-hydrogen) atoms. The summed E-state index contributed by atoms with van der Waals surface area (Å²) in [7, 11) is -1.91. The van der Waals surface area contributed by atoms with Gasteiger partial charge in [0.1, 0.15) is 0 Å². The van der Waals surface area contributed by atoms with Crippen molar-refractivity contribution in [1.29, 1.82) is 0 Å². The molecule has 0 radical (unpaired) electrons. The maximum Gasteiger partial charge on any atom is 0.242 e. The molecule has 0 spiro atoms. The third kappa shape index (κ3) is 3.27. The van der Waals surface area contributed by atoms with Crippen LogP contribution < -0.4 is 4.72 Å². The molecule has 0 saturated carbocycles. The predicted octanol–water partition coefficient (Wildman–Crippen LogP) is 0.0809. The van der Waals surface area contributed by atoms with Crippen molar-refractivity contribution in [1.82, 2.24) is 19.1 Å². The molecule has 0 amide bonds. The minimum Gasteiger partial charge on any atom is -0.390 e. The maximum absolute atomic E-state index is 12.2. The molecular weight excluding hydrogens is 280 g/mol. The zero-order chi connectivity index (χ0) is 14.8. The van der Waals surface area contributed by atoms with E-state index in [4.69, 9.17) is 5.11 Å². The molecule has 2 N–H and O–H groups in total. The zero-order valence-corrected chi connectivity index (χ0v) is 12.2. The Morgan fingerprint density at radius 2 is 2.25 bits per heavy atom. The third-order valence-corrected chi connectivity index (χ3v) is 4.49. The zero-order valence-electron chi connectivity index (χ0n) is 11.4. The van der Waals surface area contributed by atoms with Gasteiger partial charge in [0.15, 0.2) is 0 Å². The monoisotopic (exact) mass is 298 g/mol. The average Bonchev–Trinajstić information content (AvgIpc) is 2.97. The van der Waals surface area contributed by atoms with Crippen molar-refractivity contribution in [2.24, 2.45) is 7.05 Å². The number of aliphatic hydroxyl groups excluding tert-OH is 1. The van der Waals surface area contributed by atoms with E-state index in [1.165, 1.54) is 12.3 Å². The summed E-state index contributed by atoms with van der Waals surface area (Å²) in [5.74, 6) is 0. The van der Waals surface area contributed by atoms with E-state index in [2.05, 4.69) is 9.82 Å². The van der Waals surface area contributed by atoms with Crippen LogP contribution in [0.5, 0.6) is 0 Å². The summed E-state index contributed by atoms with van der Waals surface area (Å²) in [5, 5.41) is 13.1. The first-order valence-corrected chi connectivity index (χ1v) is 7.66. The van der Waals surface area contributed by atoms with Crippen LogP contribution in [0, 0.1) is 0 Å². The van der Waals surface area contributed by atoms with Crippen LogP contribution in [0.4, 0.5) is 0 Å². The predicted molar refractivity (Wildman–Crippen MR) is 73.3 cm³/mol. The molecule has 0 aliphatic rings. The molecule has 0 saturated heterocycles. The lowest BCUT2D eigenvalue weighted by atomic mass is 10.4. The maximum atomic E-state index is 12.2. The minimum atomic E-state index is -3.60. The number of aryl methyl sites for hydroxylation is 1. The quantitative estimate of drug-likeness (QED) is 0.790. The molecule has 0 aliphatic heterocycles. The number of nitrogens with zero attached hydrogens (tertiary/aromatic N) is 3. The minimum absolute atomic E-state index is 0.149. The number of hydrogen-bond acceptors (Lipinski definition) is 4. The Labute approximate surface area is 117 Å². The Bertz CT molecular complexity index is 661. The van der Waals surface area contributed by atoms with Crippen LogP contribution in [0.25, 0.3) is 0 Å². The Hall–Kier alpha value is -1.64. The Morgan fingerprint density at radius 3 is 2.80 bits per heavy atom. The van der Waals surface area contributed by atoms with Gasteiger partial charge in [-0.3, -0.25) is 4.68 Å². The van der Waals surface area contributed by atoms with Crippen LogP contribution in [0.1, 0.15) is 12.6 Å². The highest BCUT2D eigenvalue weighted by atomic mass is 32.2. The van der Waals surface area contributed by atoms with Gasteiger partial charge in [-0.25, -0.2) is 13.1 Å². The van der Waals surface area contributed by atoms with Crippen LogP contribution in [0.15, 0.2) is 35.6 Å². The second-order valence-corrected chi connectivity index (χ2v) is 6.40. The molecule has 0 bridgehead atoms. The summed E-state index contributed by atoms with van der Waals surface area (Å²) in [6.07, 6.45) is 4.90.